The van der Waals surface area contributed by atoms with Gasteiger partial charge in [-0.05, 0) is 53.8 Å². The number of amides is 1. The molecule has 0 spiro atoms. The van der Waals surface area contributed by atoms with E-state index in [1.807, 2.05) is 44.2 Å². The molecule has 0 saturated heterocycles. The number of ether oxygens (including phenoxy) is 4. The lowest BCUT2D eigenvalue weighted by molar-refractivity contribution is -0.286. The molecule has 1 aliphatic heterocycles. The van der Waals surface area contributed by atoms with E-state index in [0.717, 1.165) is 11.6 Å². The number of benzene rings is 4. The highest BCUT2D eigenvalue weighted by molar-refractivity contribution is 6.03. The van der Waals surface area contributed by atoms with E-state index in [-0.39, 0.29) is 35.9 Å². The van der Waals surface area contributed by atoms with Crippen molar-refractivity contribution in [2.24, 2.45) is 0 Å². The number of carbonyl (C=O) groups excluding carboxylic acids is 1. The summed E-state index contributed by atoms with van der Waals surface area (Å²) in [6, 6.07) is 26.8. The third-order valence-corrected chi connectivity index (χ3v) is 9.22. The summed E-state index contributed by atoms with van der Waals surface area (Å²) in [5.74, 6) is -1.71. The lowest BCUT2D eigenvalue weighted by Gasteiger charge is -2.28. The molecule has 5 aromatic rings. The third-order valence-electron chi connectivity index (χ3n) is 9.22. The standard InChI is InChI=1S/C40H39F3N2O6/c1-38(2,25-49-23-27-11-7-4-8-12-27)36-18-28-17-32(31(41)20-33(28)45(36)21-30(46)24-48-22-26-9-5-3-6-10-26)44-37(47)39(15-16-39)29-13-14-34-35(19-29)51-40(42,43)50-34/h3-14,17-20,30,46H,15-16,21-25H2,1-2H3,(H,44,47)/i24D2,30D. The molecule has 266 valence electrons. The van der Waals surface area contributed by atoms with E-state index in [1.54, 1.807) is 36.4 Å². The molecule has 7 rings (SSSR count). The maximum atomic E-state index is 16.0. The second-order valence-electron chi connectivity index (χ2n) is 13.6. The number of alkyl halides is 2. The number of aromatic nitrogens is 1. The quantitative estimate of drug-likeness (QED) is 0.123. The number of halogens is 3. The number of hydrogen-bond acceptors (Lipinski definition) is 6. The van der Waals surface area contributed by atoms with Gasteiger partial charge in [-0.2, -0.15) is 0 Å². The Balaban J connectivity index is 1.19. The number of rotatable bonds is 14. The lowest BCUT2D eigenvalue weighted by atomic mass is 9.90. The average Bonchev–Trinajstić information content (AvgIpc) is 3.78. The van der Waals surface area contributed by atoms with Crippen molar-refractivity contribution in [3.8, 4) is 11.5 Å². The molecule has 51 heavy (non-hydrogen) atoms. The largest absolute Gasteiger partial charge is 0.586 e. The van der Waals surface area contributed by atoms with Gasteiger partial charge in [0.05, 0.1) is 59.7 Å². The summed E-state index contributed by atoms with van der Waals surface area (Å²) >= 11 is 0. The molecule has 11 heteroatoms. The highest BCUT2D eigenvalue weighted by Gasteiger charge is 2.53. The van der Waals surface area contributed by atoms with Crippen LogP contribution in [0.15, 0.2) is 97.1 Å². The van der Waals surface area contributed by atoms with Crippen molar-refractivity contribution in [3.63, 3.8) is 0 Å². The first-order chi connectivity index (χ1) is 25.5. The van der Waals surface area contributed by atoms with Crippen LogP contribution in [-0.2, 0) is 44.9 Å². The summed E-state index contributed by atoms with van der Waals surface area (Å²) in [5, 5.41) is 14.5. The molecule has 4 aromatic carbocycles. The molecule has 2 N–H and O–H groups in total. The van der Waals surface area contributed by atoms with Crippen molar-refractivity contribution in [1.82, 2.24) is 4.57 Å². The molecule has 2 heterocycles. The highest BCUT2D eigenvalue weighted by atomic mass is 19.3. The number of nitrogens with one attached hydrogen (secondary N) is 1. The van der Waals surface area contributed by atoms with Crippen molar-refractivity contribution in [2.75, 3.05) is 18.5 Å². The van der Waals surface area contributed by atoms with E-state index in [0.29, 0.717) is 41.7 Å². The summed E-state index contributed by atoms with van der Waals surface area (Å²) in [5.41, 5.74) is 0.711. The predicted octanol–water partition coefficient (Wildman–Crippen LogP) is 7.84. The first-order valence-corrected chi connectivity index (χ1v) is 16.6. The van der Waals surface area contributed by atoms with Gasteiger partial charge in [0.25, 0.3) is 0 Å². The number of nitrogens with zero attached hydrogens (tertiary/aromatic N) is 1. The molecule has 8 nitrogen and oxygen atoms in total. The first-order valence-electron chi connectivity index (χ1n) is 18.1. The van der Waals surface area contributed by atoms with Crippen LogP contribution in [0.3, 0.4) is 0 Å². The zero-order chi connectivity index (χ0) is 38.5. The fourth-order valence-corrected chi connectivity index (χ4v) is 6.40. The van der Waals surface area contributed by atoms with Crippen LogP contribution in [-0.4, -0.2) is 41.1 Å². The van der Waals surface area contributed by atoms with Gasteiger partial charge in [-0.1, -0.05) is 80.6 Å². The van der Waals surface area contributed by atoms with Crippen LogP contribution in [0.5, 0.6) is 11.5 Å². The van der Waals surface area contributed by atoms with Crippen LogP contribution in [0.1, 0.15) is 53.2 Å². The van der Waals surface area contributed by atoms with Crippen LogP contribution in [0.2, 0.25) is 0 Å². The Morgan fingerprint density at radius 2 is 1.61 bits per heavy atom. The smallest absolute Gasteiger partial charge is 0.395 e. The number of aliphatic hydroxyl groups is 1. The molecule has 1 unspecified atom stereocenters. The van der Waals surface area contributed by atoms with E-state index in [2.05, 4.69) is 14.8 Å². The Bertz CT molecular complexity index is 2180. The topological polar surface area (TPSA) is 91.2 Å². The average molecular weight is 704 g/mol. The van der Waals surface area contributed by atoms with Crippen molar-refractivity contribution in [3.05, 3.63) is 125 Å². The van der Waals surface area contributed by atoms with Crippen LogP contribution in [0, 0.1) is 5.82 Å². The third kappa shape index (κ3) is 7.46. The minimum atomic E-state index is -3.82. The summed E-state index contributed by atoms with van der Waals surface area (Å²) in [4.78, 5) is 13.7. The SMILES string of the molecule is [2H]C(O)(Cn1c(C(C)(C)COCc2ccccc2)cc2cc(NC(=O)C3(c4ccc5c(c4)OC(F)(F)O5)CC3)c(F)cc21)C([2H])([2H])OCc1ccccc1. The zero-order valence-corrected chi connectivity index (χ0v) is 28.0. The van der Waals surface area contributed by atoms with E-state index >= 15 is 4.39 Å². The molecule has 1 fully saturated rings. The Labute approximate surface area is 297 Å². The molecule has 1 saturated carbocycles. The highest BCUT2D eigenvalue weighted by Crippen LogP contribution is 2.52. The van der Waals surface area contributed by atoms with Gasteiger partial charge in [0, 0.05) is 22.6 Å². The number of hydrogen-bond donors (Lipinski definition) is 2. The molecule has 1 aromatic heterocycles. The fraction of sp³-hybridized carbons (Fsp3) is 0.325. The molecule has 1 atom stereocenters. The van der Waals surface area contributed by atoms with Gasteiger partial charge in [-0.15, -0.1) is 8.78 Å². The molecular formula is C40H39F3N2O6. The van der Waals surface area contributed by atoms with Crippen LogP contribution in [0.25, 0.3) is 10.9 Å². The molecule has 2 aliphatic rings. The van der Waals surface area contributed by atoms with Crippen LogP contribution >= 0.6 is 0 Å². The van der Waals surface area contributed by atoms with Gasteiger partial charge in [0.1, 0.15) is 5.82 Å². The van der Waals surface area contributed by atoms with Gasteiger partial charge >= 0.3 is 6.29 Å². The first kappa shape index (κ1) is 30.9. The number of carbonyl (C=O) groups is 1. The maximum Gasteiger partial charge on any atom is 0.586 e. The zero-order valence-electron chi connectivity index (χ0n) is 31.0. The van der Waals surface area contributed by atoms with Crippen LogP contribution in [0.4, 0.5) is 18.9 Å². The van der Waals surface area contributed by atoms with Crippen LogP contribution < -0.4 is 14.8 Å². The summed E-state index contributed by atoms with van der Waals surface area (Å²) in [6.07, 6.45) is -5.87. The van der Waals surface area contributed by atoms with Gasteiger partial charge in [0.2, 0.25) is 5.91 Å². The predicted molar refractivity (Wildman–Crippen MR) is 185 cm³/mol. The Morgan fingerprint density at radius 1 is 0.961 bits per heavy atom. The van der Waals surface area contributed by atoms with E-state index in [1.165, 1.54) is 28.8 Å². The summed E-state index contributed by atoms with van der Waals surface area (Å²) < 4.78 is 91.4. The second-order valence-corrected chi connectivity index (χ2v) is 13.6. The minimum Gasteiger partial charge on any atom is -0.395 e. The fourth-order valence-electron chi connectivity index (χ4n) is 6.40. The van der Waals surface area contributed by atoms with E-state index < -0.39 is 48.0 Å². The van der Waals surface area contributed by atoms with Crippen molar-refractivity contribution < 1.29 is 46.1 Å². The monoisotopic (exact) mass is 703 g/mol. The molecule has 1 aliphatic carbocycles. The summed E-state index contributed by atoms with van der Waals surface area (Å²) in [6.45, 7) is 0.522. The van der Waals surface area contributed by atoms with Gasteiger partial charge in [-0.25, -0.2) is 4.39 Å². The van der Waals surface area contributed by atoms with Gasteiger partial charge in [-0.3, -0.25) is 4.79 Å². The summed E-state index contributed by atoms with van der Waals surface area (Å²) in [7, 11) is 0. The van der Waals surface area contributed by atoms with Crippen molar-refractivity contribution >= 4 is 22.5 Å². The maximum absolute atomic E-state index is 16.0. The molecule has 0 radical (unpaired) electrons. The Morgan fingerprint density at radius 3 is 2.27 bits per heavy atom. The number of fused-ring (bicyclic) bond motifs is 2. The second kappa shape index (κ2) is 13.7. The molecular weight excluding hydrogens is 661 g/mol. The normalized spacial score (nSPS) is 18.0. The van der Waals surface area contributed by atoms with Crippen molar-refractivity contribution in [2.45, 2.75) is 69.7 Å². The molecule has 1 amide bonds. The van der Waals surface area contributed by atoms with E-state index in [9.17, 15) is 18.7 Å². The van der Waals surface area contributed by atoms with Gasteiger partial charge < -0.3 is 33.9 Å². The Hall–Kier alpha value is -4.84. The van der Waals surface area contributed by atoms with Gasteiger partial charge in [0.15, 0.2) is 11.5 Å². The minimum absolute atomic E-state index is 0.143. The number of anilines is 1. The van der Waals surface area contributed by atoms with Crippen molar-refractivity contribution in [1.29, 1.82) is 0 Å². The lowest BCUT2D eigenvalue weighted by Crippen LogP contribution is -2.30. The Kier molecular flexibility index (Phi) is 8.31. The van der Waals surface area contributed by atoms with E-state index in [4.69, 9.17) is 13.6 Å². The molecule has 0 bridgehead atoms.